The zero-order chi connectivity index (χ0) is 27.0. The van der Waals surface area contributed by atoms with Crippen LogP contribution in [0.1, 0.15) is 77.7 Å². The fourth-order valence-corrected chi connectivity index (χ4v) is 5.78. The van der Waals surface area contributed by atoms with Crippen molar-refractivity contribution in [3.63, 3.8) is 0 Å². The molecule has 0 saturated heterocycles. The summed E-state index contributed by atoms with van der Waals surface area (Å²) >= 11 is 0. The van der Waals surface area contributed by atoms with Gasteiger partial charge in [0.1, 0.15) is 29.6 Å². The summed E-state index contributed by atoms with van der Waals surface area (Å²) < 4.78 is 18.0. The number of fused-ring (bicyclic) bond motifs is 2. The van der Waals surface area contributed by atoms with Gasteiger partial charge < -0.3 is 19.3 Å². The van der Waals surface area contributed by atoms with Crippen LogP contribution in [0.3, 0.4) is 0 Å². The van der Waals surface area contributed by atoms with Crippen molar-refractivity contribution in [2.45, 2.75) is 46.1 Å². The number of carbonyl (C=O) groups excluding carboxylic acids is 1. The Balaban J connectivity index is 1.75. The number of hydrogen-bond acceptors (Lipinski definition) is 5. The van der Waals surface area contributed by atoms with Gasteiger partial charge in [-0.05, 0) is 48.4 Å². The van der Waals surface area contributed by atoms with Gasteiger partial charge in [0.25, 0.3) is 0 Å². The first kappa shape index (κ1) is 25.7. The number of allylic oxidation sites excluding steroid dienone is 3. The van der Waals surface area contributed by atoms with Gasteiger partial charge in [-0.1, -0.05) is 62.4 Å². The Labute approximate surface area is 224 Å². The van der Waals surface area contributed by atoms with E-state index in [4.69, 9.17) is 14.2 Å². The van der Waals surface area contributed by atoms with Crippen LogP contribution < -0.4 is 14.2 Å². The van der Waals surface area contributed by atoms with Gasteiger partial charge in [-0.15, -0.1) is 0 Å². The Bertz CT molecular complexity index is 1450. The predicted molar refractivity (Wildman–Crippen MR) is 150 cm³/mol. The minimum atomic E-state index is -0.275. The molecular weight excluding hydrogens is 476 g/mol. The van der Waals surface area contributed by atoms with E-state index in [-0.39, 0.29) is 28.4 Å². The topological polar surface area (TPSA) is 65.0 Å². The number of phenols is 1. The number of aromatic hydroxyl groups is 1. The molecule has 3 aromatic rings. The maximum absolute atomic E-state index is 14.1. The Morgan fingerprint density at radius 2 is 1.66 bits per heavy atom. The van der Waals surface area contributed by atoms with Crippen LogP contribution in [0.5, 0.6) is 23.0 Å². The molecule has 0 aliphatic heterocycles. The van der Waals surface area contributed by atoms with Crippen molar-refractivity contribution in [2.75, 3.05) is 14.2 Å². The van der Waals surface area contributed by atoms with Crippen LogP contribution in [0.15, 0.2) is 66.8 Å². The van der Waals surface area contributed by atoms with E-state index in [9.17, 15) is 9.90 Å². The minimum Gasteiger partial charge on any atom is -0.507 e. The van der Waals surface area contributed by atoms with E-state index in [0.717, 1.165) is 35.1 Å². The van der Waals surface area contributed by atoms with Gasteiger partial charge in [-0.3, -0.25) is 4.79 Å². The molecule has 1 atom stereocenters. The molecule has 5 heteroatoms. The molecule has 5 rings (SSSR count). The molecule has 0 fully saturated rings. The maximum Gasteiger partial charge on any atom is 0.201 e. The third kappa shape index (κ3) is 4.16. The molecule has 3 aromatic carbocycles. The zero-order valence-corrected chi connectivity index (χ0v) is 22.6. The molecule has 0 bridgehead atoms. The van der Waals surface area contributed by atoms with Crippen molar-refractivity contribution in [3.05, 3.63) is 100 Å². The van der Waals surface area contributed by atoms with Crippen LogP contribution in [0.4, 0.5) is 0 Å². The SMILES string of the molecule is C/C=C/CCC(C)(C)C1C=C2c3c(OC)ccc(O)c3C(=O)c3c(OCc4ccccc4)cc(OC)c1c32. The van der Waals surface area contributed by atoms with Gasteiger partial charge in [0.05, 0.1) is 25.3 Å². The summed E-state index contributed by atoms with van der Waals surface area (Å²) in [7, 11) is 3.24. The first-order chi connectivity index (χ1) is 18.3. The molecule has 0 aromatic heterocycles. The molecule has 196 valence electrons. The van der Waals surface area contributed by atoms with Crippen molar-refractivity contribution < 1.29 is 24.1 Å². The standard InChI is InChI=1S/C33H34O5/c1-6-7-11-16-33(2,3)22-17-21-27-24(36-4)15-14-23(34)30(27)32(35)31-26(18-25(37-5)29(22)28(21)31)38-19-20-12-9-8-10-13-20/h6-10,12-15,17-18,22,34H,11,16,19H2,1-5H3/b7-6+. The maximum atomic E-state index is 14.1. The van der Waals surface area contributed by atoms with Crippen LogP contribution in [-0.4, -0.2) is 25.1 Å². The van der Waals surface area contributed by atoms with Crippen molar-refractivity contribution >= 4 is 11.4 Å². The first-order valence-corrected chi connectivity index (χ1v) is 13.0. The van der Waals surface area contributed by atoms with Gasteiger partial charge in [0.2, 0.25) is 5.78 Å². The normalized spacial score (nSPS) is 15.8. The second-order valence-electron chi connectivity index (χ2n) is 10.5. The molecule has 0 amide bonds. The average Bonchev–Trinajstić information content (AvgIpc) is 3.33. The number of benzene rings is 3. The Morgan fingerprint density at radius 3 is 2.34 bits per heavy atom. The van der Waals surface area contributed by atoms with Gasteiger partial charge in [-0.2, -0.15) is 0 Å². The molecule has 1 unspecified atom stereocenters. The molecule has 2 aliphatic carbocycles. The highest BCUT2D eigenvalue weighted by molar-refractivity contribution is 6.23. The van der Waals surface area contributed by atoms with Gasteiger partial charge >= 0.3 is 0 Å². The number of methoxy groups -OCH3 is 2. The van der Waals surface area contributed by atoms with Gasteiger partial charge in [0, 0.05) is 28.7 Å². The summed E-state index contributed by atoms with van der Waals surface area (Å²) in [5, 5.41) is 10.9. The lowest BCUT2D eigenvalue weighted by molar-refractivity contribution is 0.102. The molecule has 1 N–H and O–H groups in total. The predicted octanol–water partition coefficient (Wildman–Crippen LogP) is 7.44. The van der Waals surface area contributed by atoms with Crippen LogP contribution in [-0.2, 0) is 6.61 Å². The van der Waals surface area contributed by atoms with E-state index in [1.807, 2.05) is 43.3 Å². The fraction of sp³-hybridized carbons (Fsp3) is 0.303. The first-order valence-electron chi connectivity index (χ1n) is 13.0. The summed E-state index contributed by atoms with van der Waals surface area (Å²) in [4.78, 5) is 14.1. The van der Waals surface area contributed by atoms with Gasteiger partial charge in [-0.25, -0.2) is 0 Å². The van der Waals surface area contributed by atoms with E-state index >= 15 is 0 Å². The Hall–Kier alpha value is -3.99. The molecule has 2 aliphatic rings. The van der Waals surface area contributed by atoms with Crippen molar-refractivity contribution in [1.29, 1.82) is 0 Å². The van der Waals surface area contributed by atoms with Gasteiger partial charge in [0.15, 0.2) is 0 Å². The Morgan fingerprint density at radius 1 is 0.921 bits per heavy atom. The van der Waals surface area contributed by atoms with Crippen molar-refractivity contribution in [2.24, 2.45) is 5.41 Å². The summed E-state index contributed by atoms with van der Waals surface area (Å²) in [6, 6.07) is 14.9. The van der Waals surface area contributed by atoms with E-state index in [2.05, 4.69) is 32.1 Å². The number of rotatable bonds is 9. The second-order valence-corrected chi connectivity index (χ2v) is 10.5. The van der Waals surface area contributed by atoms with Crippen LogP contribution in [0, 0.1) is 5.41 Å². The molecule has 0 saturated carbocycles. The summed E-state index contributed by atoms with van der Waals surface area (Å²) in [5.41, 5.74) is 4.88. The Kier molecular flexibility index (Phi) is 6.78. The lowest BCUT2D eigenvalue weighted by atomic mass is 9.72. The monoisotopic (exact) mass is 510 g/mol. The van der Waals surface area contributed by atoms with E-state index in [0.29, 0.717) is 35.0 Å². The molecule has 0 radical (unpaired) electrons. The van der Waals surface area contributed by atoms with Crippen LogP contribution >= 0.6 is 0 Å². The second kappa shape index (κ2) is 10.1. The third-order valence-electron chi connectivity index (χ3n) is 7.79. The average molecular weight is 511 g/mol. The summed E-state index contributed by atoms with van der Waals surface area (Å²) in [6.07, 6.45) is 8.38. The smallest absolute Gasteiger partial charge is 0.201 e. The number of phenolic OH excluding ortho intramolecular Hbond substituents is 1. The number of carbonyl (C=O) groups is 1. The number of hydrogen-bond donors (Lipinski definition) is 1. The highest BCUT2D eigenvalue weighted by Crippen LogP contribution is 2.59. The number of ketones is 1. The lowest BCUT2D eigenvalue weighted by Crippen LogP contribution is -2.21. The third-order valence-corrected chi connectivity index (χ3v) is 7.79. The van der Waals surface area contributed by atoms with E-state index in [1.54, 1.807) is 20.3 Å². The van der Waals surface area contributed by atoms with Crippen LogP contribution in [0.25, 0.3) is 5.57 Å². The quantitative estimate of drug-likeness (QED) is 0.237. The van der Waals surface area contributed by atoms with Crippen LogP contribution in [0.2, 0.25) is 0 Å². The number of ether oxygens (including phenoxy) is 3. The molecule has 38 heavy (non-hydrogen) atoms. The zero-order valence-electron chi connectivity index (χ0n) is 22.6. The minimum absolute atomic E-state index is 0.0135. The molecule has 5 nitrogen and oxygen atoms in total. The van der Waals surface area contributed by atoms with E-state index in [1.165, 1.54) is 6.07 Å². The molecule has 0 spiro atoms. The van der Waals surface area contributed by atoms with E-state index < -0.39 is 0 Å². The summed E-state index contributed by atoms with van der Waals surface area (Å²) in [6.45, 7) is 6.84. The highest BCUT2D eigenvalue weighted by Gasteiger charge is 2.45. The lowest BCUT2D eigenvalue weighted by Gasteiger charge is -2.33. The van der Waals surface area contributed by atoms with Crippen molar-refractivity contribution in [1.82, 2.24) is 0 Å². The highest BCUT2D eigenvalue weighted by atomic mass is 16.5. The van der Waals surface area contributed by atoms with Crippen molar-refractivity contribution in [3.8, 4) is 23.0 Å². The molecule has 0 heterocycles. The molecular formula is C33H34O5. The largest absolute Gasteiger partial charge is 0.507 e. The fourth-order valence-electron chi connectivity index (χ4n) is 5.78. The summed E-state index contributed by atoms with van der Waals surface area (Å²) in [5.74, 6) is 1.33.